The van der Waals surface area contributed by atoms with Crippen LogP contribution in [0.5, 0.6) is 0 Å². The van der Waals surface area contributed by atoms with Crippen LogP contribution in [0.2, 0.25) is 0 Å². The number of rotatable bonds is 3. The maximum atomic E-state index is 12.3. The molecule has 8 heteroatoms. The van der Waals surface area contributed by atoms with Gasteiger partial charge in [0.2, 0.25) is 0 Å². The van der Waals surface area contributed by atoms with Crippen LogP contribution >= 0.6 is 11.6 Å². The first-order chi connectivity index (χ1) is 9.41. The molecular weight excluding hydrogens is 302 g/mol. The fourth-order valence-electron chi connectivity index (χ4n) is 2.12. The van der Waals surface area contributed by atoms with Gasteiger partial charge in [0.25, 0.3) is 16.1 Å². The summed E-state index contributed by atoms with van der Waals surface area (Å²) in [4.78, 5) is 13.9. The van der Waals surface area contributed by atoms with Crippen LogP contribution < -0.4 is 5.14 Å². The van der Waals surface area contributed by atoms with E-state index in [0.717, 1.165) is 5.56 Å². The second-order valence-electron chi connectivity index (χ2n) is 4.57. The van der Waals surface area contributed by atoms with E-state index in [9.17, 15) is 13.2 Å². The Morgan fingerprint density at radius 2 is 1.90 bits per heavy atom. The summed E-state index contributed by atoms with van der Waals surface area (Å²) in [6, 6.07) is 7.11. The topological polar surface area (TPSA) is 83.7 Å². The maximum absolute atomic E-state index is 12.3. The van der Waals surface area contributed by atoms with E-state index >= 15 is 0 Å². The third kappa shape index (κ3) is 3.49. The standard InChI is InChI=1S/C12H16ClN3O3S/c13-9-10-2-1-3-11(8-10)12(17)15-4-6-16(7-5-15)20(14,18)19/h1-3,8H,4-7,9H2,(H2,14,18,19). The molecule has 2 N–H and O–H groups in total. The van der Waals surface area contributed by atoms with Gasteiger partial charge < -0.3 is 4.90 Å². The van der Waals surface area contributed by atoms with Crippen molar-refractivity contribution in [2.45, 2.75) is 5.88 Å². The van der Waals surface area contributed by atoms with Gasteiger partial charge in [-0.05, 0) is 17.7 Å². The Hall–Kier alpha value is -1.15. The molecule has 0 aromatic heterocycles. The van der Waals surface area contributed by atoms with E-state index in [2.05, 4.69) is 0 Å². The number of nitrogens with zero attached hydrogens (tertiary/aromatic N) is 2. The summed E-state index contributed by atoms with van der Waals surface area (Å²) in [6.45, 7) is 1.11. The molecule has 1 heterocycles. The van der Waals surface area contributed by atoms with E-state index in [1.54, 1.807) is 23.1 Å². The molecule has 110 valence electrons. The van der Waals surface area contributed by atoms with Crippen LogP contribution in [0.1, 0.15) is 15.9 Å². The quantitative estimate of drug-likeness (QED) is 0.818. The smallest absolute Gasteiger partial charge is 0.277 e. The van der Waals surface area contributed by atoms with Crippen molar-refractivity contribution >= 4 is 27.7 Å². The molecule has 1 fully saturated rings. The summed E-state index contributed by atoms with van der Waals surface area (Å²) < 4.78 is 23.6. The van der Waals surface area contributed by atoms with E-state index in [1.165, 1.54) is 4.31 Å². The number of piperazine rings is 1. The molecule has 1 aliphatic heterocycles. The van der Waals surface area contributed by atoms with Crippen molar-refractivity contribution in [3.63, 3.8) is 0 Å². The van der Waals surface area contributed by atoms with Gasteiger partial charge in [0, 0.05) is 37.6 Å². The molecule has 1 aromatic rings. The Morgan fingerprint density at radius 1 is 1.25 bits per heavy atom. The Bertz CT molecular complexity index is 598. The first-order valence-electron chi connectivity index (χ1n) is 6.14. The van der Waals surface area contributed by atoms with Crippen LogP contribution in [0.3, 0.4) is 0 Å². The number of hydrogen-bond acceptors (Lipinski definition) is 3. The van der Waals surface area contributed by atoms with E-state index in [4.69, 9.17) is 16.7 Å². The predicted molar refractivity (Wildman–Crippen MR) is 76.6 cm³/mol. The largest absolute Gasteiger partial charge is 0.336 e. The molecule has 0 aliphatic carbocycles. The summed E-state index contributed by atoms with van der Waals surface area (Å²) in [7, 11) is -3.67. The van der Waals surface area contributed by atoms with Crippen LogP contribution in [0.25, 0.3) is 0 Å². The van der Waals surface area contributed by atoms with Gasteiger partial charge in [-0.2, -0.15) is 12.7 Å². The van der Waals surface area contributed by atoms with Crippen molar-refractivity contribution < 1.29 is 13.2 Å². The first-order valence-corrected chi connectivity index (χ1v) is 8.17. The van der Waals surface area contributed by atoms with E-state index in [1.807, 2.05) is 6.07 Å². The van der Waals surface area contributed by atoms with Crippen LogP contribution in [0, 0.1) is 0 Å². The molecular formula is C12H16ClN3O3S. The van der Waals surface area contributed by atoms with Gasteiger partial charge in [0.15, 0.2) is 0 Å². The second kappa shape index (κ2) is 6.09. The number of carbonyl (C=O) groups is 1. The number of halogens is 1. The number of hydrogen-bond donors (Lipinski definition) is 1. The molecule has 2 rings (SSSR count). The van der Waals surface area contributed by atoms with E-state index in [-0.39, 0.29) is 19.0 Å². The Labute approximate surface area is 123 Å². The van der Waals surface area contributed by atoms with Gasteiger partial charge in [-0.25, -0.2) is 5.14 Å². The Kier molecular flexibility index (Phi) is 4.64. The van der Waals surface area contributed by atoms with Crippen LogP contribution in [-0.4, -0.2) is 49.7 Å². The summed E-state index contributed by atoms with van der Waals surface area (Å²) in [5, 5.41) is 5.06. The highest BCUT2D eigenvalue weighted by Crippen LogP contribution is 2.13. The predicted octanol–water partition coefficient (Wildman–Crippen LogP) is 0.387. The molecule has 0 bridgehead atoms. The molecule has 0 unspecified atom stereocenters. The normalized spacial score (nSPS) is 17.2. The highest BCUT2D eigenvalue weighted by Gasteiger charge is 2.26. The number of benzene rings is 1. The zero-order valence-electron chi connectivity index (χ0n) is 10.8. The molecule has 1 aliphatic rings. The van der Waals surface area contributed by atoms with Gasteiger partial charge >= 0.3 is 0 Å². The van der Waals surface area contributed by atoms with Crippen LogP contribution in [0.15, 0.2) is 24.3 Å². The third-order valence-corrected chi connectivity index (χ3v) is 4.61. The maximum Gasteiger partial charge on any atom is 0.277 e. The lowest BCUT2D eigenvalue weighted by Crippen LogP contribution is -2.52. The molecule has 0 atom stereocenters. The number of alkyl halides is 1. The highest BCUT2D eigenvalue weighted by atomic mass is 35.5. The number of nitrogens with two attached hydrogens (primary N) is 1. The fraction of sp³-hybridized carbons (Fsp3) is 0.417. The average Bonchev–Trinajstić information content (AvgIpc) is 2.46. The number of amides is 1. The van der Waals surface area contributed by atoms with Crippen molar-refractivity contribution in [3.8, 4) is 0 Å². The Morgan fingerprint density at radius 3 is 2.45 bits per heavy atom. The van der Waals surface area contributed by atoms with Crippen molar-refractivity contribution in [1.82, 2.24) is 9.21 Å². The minimum Gasteiger partial charge on any atom is -0.336 e. The van der Waals surface area contributed by atoms with Gasteiger partial charge in [-0.3, -0.25) is 4.79 Å². The lowest BCUT2D eigenvalue weighted by atomic mass is 10.1. The van der Waals surface area contributed by atoms with Crippen LogP contribution in [0.4, 0.5) is 0 Å². The molecule has 6 nitrogen and oxygen atoms in total. The summed E-state index contributed by atoms with van der Waals surface area (Å²) >= 11 is 5.75. The summed E-state index contributed by atoms with van der Waals surface area (Å²) in [5.41, 5.74) is 1.44. The van der Waals surface area contributed by atoms with Gasteiger partial charge in [0.05, 0.1) is 0 Å². The second-order valence-corrected chi connectivity index (χ2v) is 6.38. The van der Waals surface area contributed by atoms with Gasteiger partial charge in [-0.15, -0.1) is 11.6 Å². The van der Waals surface area contributed by atoms with E-state index < -0.39 is 10.2 Å². The van der Waals surface area contributed by atoms with Gasteiger partial charge in [-0.1, -0.05) is 12.1 Å². The lowest BCUT2D eigenvalue weighted by molar-refractivity contribution is 0.0698. The fourth-order valence-corrected chi connectivity index (χ4v) is 2.95. The number of carbonyl (C=O) groups excluding carboxylic acids is 1. The molecule has 1 aromatic carbocycles. The molecule has 0 spiro atoms. The molecule has 1 amide bonds. The van der Waals surface area contributed by atoms with Gasteiger partial charge in [0.1, 0.15) is 0 Å². The molecule has 20 heavy (non-hydrogen) atoms. The zero-order valence-corrected chi connectivity index (χ0v) is 12.4. The summed E-state index contributed by atoms with van der Waals surface area (Å²) in [6.07, 6.45) is 0. The first kappa shape index (κ1) is 15.2. The molecule has 1 saturated heterocycles. The Balaban J connectivity index is 2.05. The van der Waals surface area contributed by atoms with E-state index in [0.29, 0.717) is 24.5 Å². The minimum atomic E-state index is -3.67. The molecule has 0 saturated carbocycles. The van der Waals surface area contributed by atoms with Crippen molar-refractivity contribution in [1.29, 1.82) is 0 Å². The third-order valence-electron chi connectivity index (χ3n) is 3.21. The van der Waals surface area contributed by atoms with Crippen molar-refractivity contribution in [2.24, 2.45) is 5.14 Å². The lowest BCUT2D eigenvalue weighted by Gasteiger charge is -2.33. The SMILES string of the molecule is NS(=O)(=O)N1CCN(C(=O)c2cccc(CCl)c2)CC1. The summed E-state index contributed by atoms with van der Waals surface area (Å²) in [5.74, 6) is 0.228. The van der Waals surface area contributed by atoms with Crippen molar-refractivity contribution in [2.75, 3.05) is 26.2 Å². The average molecular weight is 318 g/mol. The van der Waals surface area contributed by atoms with Crippen LogP contribution in [-0.2, 0) is 16.1 Å². The monoisotopic (exact) mass is 317 g/mol. The van der Waals surface area contributed by atoms with Crippen molar-refractivity contribution in [3.05, 3.63) is 35.4 Å². The highest BCUT2D eigenvalue weighted by molar-refractivity contribution is 7.86. The molecule has 0 radical (unpaired) electrons. The minimum absolute atomic E-state index is 0.119. The zero-order chi connectivity index (χ0) is 14.8.